The fourth-order valence-corrected chi connectivity index (χ4v) is 2.88. The summed E-state index contributed by atoms with van der Waals surface area (Å²) < 4.78 is 0. The minimum absolute atomic E-state index is 0.552. The van der Waals surface area contributed by atoms with Crippen molar-refractivity contribution in [3.63, 3.8) is 0 Å². The largest absolute Gasteiger partial charge is 0.507 e. The van der Waals surface area contributed by atoms with Crippen LogP contribution in [0.4, 0.5) is 0 Å². The molecule has 0 spiro atoms. The molecule has 1 aromatic rings. The minimum atomic E-state index is 0.552. The second kappa shape index (κ2) is 3.26. The van der Waals surface area contributed by atoms with Gasteiger partial charge in [-0.1, -0.05) is 19.1 Å². The fourth-order valence-electron chi connectivity index (χ4n) is 2.88. The van der Waals surface area contributed by atoms with Crippen molar-refractivity contribution in [2.24, 2.45) is 5.92 Å². The van der Waals surface area contributed by atoms with E-state index in [0.29, 0.717) is 11.7 Å². The summed E-state index contributed by atoms with van der Waals surface area (Å²) in [4.78, 5) is 0. The quantitative estimate of drug-likeness (QED) is 0.779. The molecule has 1 N–H and O–H groups in total. The predicted octanol–water partition coefficient (Wildman–Crippen LogP) is 3.39. The van der Waals surface area contributed by atoms with Crippen molar-refractivity contribution in [2.45, 2.75) is 44.9 Å². The Hall–Kier alpha value is -0.980. The predicted molar refractivity (Wildman–Crippen MR) is 61.3 cm³/mol. The molecule has 2 aliphatic carbocycles. The maximum Gasteiger partial charge on any atom is 0.122 e. The molecule has 1 heteroatoms. The van der Waals surface area contributed by atoms with Crippen molar-refractivity contribution in [1.82, 2.24) is 0 Å². The highest BCUT2D eigenvalue weighted by atomic mass is 16.3. The third-order valence-corrected chi connectivity index (χ3v) is 4.10. The molecule has 0 bridgehead atoms. The molecular weight excluding hydrogens is 184 g/mol. The third-order valence-electron chi connectivity index (χ3n) is 4.10. The second-order valence-corrected chi connectivity index (χ2v) is 5.12. The van der Waals surface area contributed by atoms with Gasteiger partial charge in [0, 0.05) is 0 Å². The van der Waals surface area contributed by atoms with E-state index >= 15 is 0 Å². The van der Waals surface area contributed by atoms with Gasteiger partial charge >= 0.3 is 0 Å². The second-order valence-electron chi connectivity index (χ2n) is 5.12. The number of aromatic hydroxyl groups is 1. The Labute approximate surface area is 91.1 Å². The van der Waals surface area contributed by atoms with E-state index in [9.17, 15) is 5.11 Å². The molecule has 0 aromatic heterocycles. The van der Waals surface area contributed by atoms with Gasteiger partial charge in [0.25, 0.3) is 0 Å². The Morgan fingerprint density at radius 2 is 2.07 bits per heavy atom. The lowest BCUT2D eigenvalue weighted by molar-refractivity contribution is 0.452. The van der Waals surface area contributed by atoms with Gasteiger partial charge in [-0.2, -0.15) is 0 Å². The average Bonchev–Trinajstić information content (AvgIpc) is 2.97. The normalized spacial score (nSPS) is 21.4. The zero-order chi connectivity index (χ0) is 10.4. The maximum atomic E-state index is 10.3. The molecule has 15 heavy (non-hydrogen) atoms. The topological polar surface area (TPSA) is 20.2 Å². The van der Waals surface area contributed by atoms with Gasteiger partial charge in [-0.05, 0) is 60.6 Å². The SMILES string of the molecule is CC(c1ccc2c(c1O)CCC2)C1CC1. The van der Waals surface area contributed by atoms with Crippen LogP contribution in [0.25, 0.3) is 0 Å². The Bertz CT molecular complexity index is 391. The molecule has 1 nitrogen and oxygen atoms in total. The third kappa shape index (κ3) is 1.45. The first-order valence-corrected chi connectivity index (χ1v) is 6.11. The molecule has 1 unspecified atom stereocenters. The van der Waals surface area contributed by atoms with Crippen molar-refractivity contribution in [1.29, 1.82) is 0 Å². The van der Waals surface area contributed by atoms with Crippen molar-refractivity contribution >= 4 is 0 Å². The molecule has 0 saturated heterocycles. The first-order valence-electron chi connectivity index (χ1n) is 6.11. The molecule has 0 radical (unpaired) electrons. The van der Waals surface area contributed by atoms with Crippen molar-refractivity contribution in [3.8, 4) is 5.75 Å². The standard InChI is InChI=1S/C14H18O/c1-9(10-5-6-10)12-8-7-11-3-2-4-13(11)14(12)15/h7-10,15H,2-6H2,1H3. The number of fused-ring (bicyclic) bond motifs is 1. The first-order chi connectivity index (χ1) is 7.27. The van der Waals surface area contributed by atoms with Crippen LogP contribution in [-0.2, 0) is 12.8 Å². The van der Waals surface area contributed by atoms with Crippen LogP contribution < -0.4 is 0 Å². The molecule has 0 heterocycles. The van der Waals surface area contributed by atoms with Crippen LogP contribution in [0.15, 0.2) is 12.1 Å². The van der Waals surface area contributed by atoms with Crippen molar-refractivity contribution in [2.75, 3.05) is 0 Å². The highest BCUT2D eigenvalue weighted by Gasteiger charge is 2.31. The van der Waals surface area contributed by atoms with Crippen molar-refractivity contribution in [3.05, 3.63) is 28.8 Å². The molecule has 2 aliphatic rings. The van der Waals surface area contributed by atoms with Gasteiger partial charge in [0.2, 0.25) is 0 Å². The van der Waals surface area contributed by atoms with E-state index in [-0.39, 0.29) is 0 Å². The lowest BCUT2D eigenvalue weighted by Crippen LogP contribution is -1.98. The van der Waals surface area contributed by atoms with Crippen molar-refractivity contribution < 1.29 is 5.11 Å². The first kappa shape index (κ1) is 9.26. The van der Waals surface area contributed by atoms with Gasteiger partial charge in [-0.3, -0.25) is 0 Å². The summed E-state index contributed by atoms with van der Waals surface area (Å²) in [6, 6.07) is 4.39. The summed E-state index contributed by atoms with van der Waals surface area (Å²) >= 11 is 0. The zero-order valence-corrected chi connectivity index (χ0v) is 9.29. The number of phenols is 1. The molecule has 80 valence electrons. The zero-order valence-electron chi connectivity index (χ0n) is 9.29. The number of aryl methyl sites for hydroxylation is 1. The van der Waals surface area contributed by atoms with E-state index in [1.807, 2.05) is 0 Å². The van der Waals surface area contributed by atoms with Crippen LogP contribution >= 0.6 is 0 Å². The lowest BCUT2D eigenvalue weighted by Gasteiger charge is -2.15. The number of benzene rings is 1. The number of hydrogen-bond acceptors (Lipinski definition) is 1. The molecule has 1 saturated carbocycles. The van der Waals surface area contributed by atoms with Gasteiger partial charge in [0.05, 0.1) is 0 Å². The lowest BCUT2D eigenvalue weighted by atomic mass is 9.92. The number of hydrogen-bond donors (Lipinski definition) is 1. The van der Waals surface area contributed by atoms with Gasteiger partial charge in [-0.25, -0.2) is 0 Å². The molecule has 0 amide bonds. The van der Waals surface area contributed by atoms with Crippen LogP contribution in [0.5, 0.6) is 5.75 Å². The van der Waals surface area contributed by atoms with E-state index in [1.165, 1.54) is 36.0 Å². The summed E-state index contributed by atoms with van der Waals surface area (Å²) in [6.45, 7) is 2.26. The van der Waals surface area contributed by atoms with Crippen LogP contribution in [0.3, 0.4) is 0 Å². The van der Waals surface area contributed by atoms with Crippen LogP contribution in [0.2, 0.25) is 0 Å². The highest BCUT2D eigenvalue weighted by molar-refractivity contribution is 5.49. The van der Waals surface area contributed by atoms with Crippen LogP contribution in [0.1, 0.15) is 48.8 Å². The molecule has 1 atom stereocenters. The number of rotatable bonds is 2. The molecule has 1 aromatic carbocycles. The van der Waals surface area contributed by atoms with E-state index < -0.39 is 0 Å². The molecule has 1 fully saturated rings. The van der Waals surface area contributed by atoms with E-state index in [0.717, 1.165) is 18.8 Å². The summed E-state index contributed by atoms with van der Waals surface area (Å²) in [5, 5.41) is 10.3. The van der Waals surface area contributed by atoms with Crippen LogP contribution in [-0.4, -0.2) is 5.11 Å². The van der Waals surface area contributed by atoms with Gasteiger partial charge < -0.3 is 5.11 Å². The number of phenolic OH excluding ortho intramolecular Hbond substituents is 1. The Morgan fingerprint density at radius 1 is 1.27 bits per heavy atom. The summed E-state index contributed by atoms with van der Waals surface area (Å²) in [5.41, 5.74) is 3.80. The van der Waals surface area contributed by atoms with Gasteiger partial charge in [0.15, 0.2) is 0 Å². The fraction of sp³-hybridized carbons (Fsp3) is 0.571. The van der Waals surface area contributed by atoms with Gasteiger partial charge in [0.1, 0.15) is 5.75 Å². The monoisotopic (exact) mass is 202 g/mol. The maximum absolute atomic E-state index is 10.3. The summed E-state index contributed by atoms with van der Waals surface area (Å²) in [7, 11) is 0. The Morgan fingerprint density at radius 3 is 2.80 bits per heavy atom. The smallest absolute Gasteiger partial charge is 0.122 e. The summed E-state index contributed by atoms with van der Waals surface area (Å²) in [5.74, 6) is 2.00. The molecular formula is C14H18O. The summed E-state index contributed by atoms with van der Waals surface area (Å²) in [6.07, 6.45) is 6.13. The van der Waals surface area contributed by atoms with E-state index in [4.69, 9.17) is 0 Å². The van der Waals surface area contributed by atoms with E-state index in [2.05, 4.69) is 19.1 Å². The molecule has 0 aliphatic heterocycles. The molecule has 3 rings (SSSR count). The van der Waals surface area contributed by atoms with Gasteiger partial charge in [-0.15, -0.1) is 0 Å². The Balaban J connectivity index is 2.01. The Kier molecular flexibility index (Phi) is 2.01. The minimum Gasteiger partial charge on any atom is -0.507 e. The highest BCUT2D eigenvalue weighted by Crippen LogP contribution is 2.46. The van der Waals surface area contributed by atoms with E-state index in [1.54, 1.807) is 0 Å². The average molecular weight is 202 g/mol. The van der Waals surface area contributed by atoms with Crippen LogP contribution in [0, 0.1) is 5.92 Å².